The minimum absolute atomic E-state index is 0.121. The van der Waals surface area contributed by atoms with Gasteiger partial charge in [0.1, 0.15) is 6.61 Å². The summed E-state index contributed by atoms with van der Waals surface area (Å²) in [5.74, 6) is 0.468. The third-order valence-electron chi connectivity index (χ3n) is 4.46. The van der Waals surface area contributed by atoms with E-state index in [9.17, 15) is 9.90 Å². The van der Waals surface area contributed by atoms with Gasteiger partial charge < -0.3 is 14.7 Å². The highest BCUT2D eigenvalue weighted by molar-refractivity contribution is 5.68. The van der Waals surface area contributed by atoms with Gasteiger partial charge in [0.15, 0.2) is 0 Å². The molecule has 1 aliphatic heterocycles. The zero-order chi connectivity index (χ0) is 13.3. The number of carbonyl (C=O) groups excluding carboxylic acids is 1. The van der Waals surface area contributed by atoms with Crippen LogP contribution in [0.25, 0.3) is 0 Å². The molecule has 3 rings (SSSR count). The Morgan fingerprint density at radius 3 is 2.89 bits per heavy atom. The second kappa shape index (κ2) is 4.85. The van der Waals surface area contributed by atoms with Gasteiger partial charge in [0.25, 0.3) is 0 Å². The molecule has 1 heterocycles. The van der Waals surface area contributed by atoms with Crippen LogP contribution in [-0.4, -0.2) is 35.8 Å². The second-order valence-electron chi connectivity index (χ2n) is 5.66. The first-order chi connectivity index (χ1) is 9.23. The molecular weight excluding hydrogens is 242 g/mol. The second-order valence-corrected chi connectivity index (χ2v) is 5.66. The molecule has 4 heteroatoms. The van der Waals surface area contributed by atoms with Gasteiger partial charge in [0.05, 0.1) is 0 Å². The minimum Gasteiger partial charge on any atom is -0.445 e. The predicted octanol–water partition coefficient (Wildman–Crippen LogP) is 2.03. The Balaban J connectivity index is 1.49. The van der Waals surface area contributed by atoms with Crippen molar-refractivity contribution in [1.82, 2.24) is 4.90 Å². The van der Waals surface area contributed by atoms with Gasteiger partial charge in [-0.15, -0.1) is 0 Å². The highest BCUT2D eigenvalue weighted by Crippen LogP contribution is 2.57. The number of likely N-dealkylation sites (tertiary alicyclic amines) is 1. The number of aliphatic hydroxyl groups is 1. The zero-order valence-electron chi connectivity index (χ0n) is 10.9. The third kappa shape index (κ3) is 2.45. The van der Waals surface area contributed by atoms with Crippen molar-refractivity contribution in [2.75, 3.05) is 19.7 Å². The van der Waals surface area contributed by atoms with Crippen molar-refractivity contribution in [3.63, 3.8) is 0 Å². The van der Waals surface area contributed by atoms with Crippen molar-refractivity contribution < 1.29 is 14.6 Å². The Morgan fingerprint density at radius 2 is 2.21 bits per heavy atom. The highest BCUT2D eigenvalue weighted by Gasteiger charge is 2.56. The average Bonchev–Trinajstić information content (AvgIpc) is 3.20. The number of aliphatic hydroxyl groups excluding tert-OH is 1. The van der Waals surface area contributed by atoms with Crippen molar-refractivity contribution in [3.8, 4) is 0 Å². The Labute approximate surface area is 113 Å². The molecule has 1 amide bonds. The van der Waals surface area contributed by atoms with E-state index in [1.807, 2.05) is 30.3 Å². The summed E-state index contributed by atoms with van der Waals surface area (Å²) >= 11 is 0. The van der Waals surface area contributed by atoms with Crippen LogP contribution in [0.15, 0.2) is 30.3 Å². The average molecular weight is 261 g/mol. The lowest BCUT2D eigenvalue weighted by Gasteiger charge is -2.30. The number of ether oxygens (including phenoxy) is 1. The fourth-order valence-electron chi connectivity index (χ4n) is 2.96. The largest absolute Gasteiger partial charge is 0.445 e. The minimum atomic E-state index is -0.234. The quantitative estimate of drug-likeness (QED) is 0.905. The van der Waals surface area contributed by atoms with E-state index in [0.29, 0.717) is 19.1 Å². The molecule has 102 valence electrons. The first-order valence-corrected chi connectivity index (χ1v) is 6.80. The summed E-state index contributed by atoms with van der Waals surface area (Å²) in [5.41, 5.74) is 1.12. The maximum absolute atomic E-state index is 12.0. The van der Waals surface area contributed by atoms with Crippen LogP contribution in [-0.2, 0) is 11.3 Å². The van der Waals surface area contributed by atoms with Crippen molar-refractivity contribution in [3.05, 3.63) is 35.9 Å². The van der Waals surface area contributed by atoms with Crippen LogP contribution < -0.4 is 0 Å². The summed E-state index contributed by atoms with van der Waals surface area (Å²) in [4.78, 5) is 13.7. The van der Waals surface area contributed by atoms with Gasteiger partial charge in [-0.2, -0.15) is 0 Å². The van der Waals surface area contributed by atoms with Crippen LogP contribution in [0.3, 0.4) is 0 Å². The maximum atomic E-state index is 12.0. The van der Waals surface area contributed by atoms with Crippen molar-refractivity contribution in [2.24, 2.45) is 11.3 Å². The molecule has 2 atom stereocenters. The molecule has 19 heavy (non-hydrogen) atoms. The molecule has 1 aliphatic carbocycles. The number of hydrogen-bond acceptors (Lipinski definition) is 3. The lowest BCUT2D eigenvalue weighted by Crippen LogP contribution is -2.40. The first-order valence-electron chi connectivity index (χ1n) is 6.80. The summed E-state index contributed by atoms with van der Waals surface area (Å²) in [6.45, 7) is 2.01. The van der Waals surface area contributed by atoms with Gasteiger partial charge in [-0.3, -0.25) is 0 Å². The Hall–Kier alpha value is -1.55. The topological polar surface area (TPSA) is 49.8 Å². The van der Waals surface area contributed by atoms with Gasteiger partial charge >= 0.3 is 6.09 Å². The molecule has 0 radical (unpaired) electrons. The number of nitrogens with zero attached hydrogens (tertiary/aromatic N) is 1. The van der Waals surface area contributed by atoms with E-state index < -0.39 is 0 Å². The number of carbonyl (C=O) groups is 1. The Kier molecular flexibility index (Phi) is 3.19. The molecule has 0 aromatic heterocycles. The summed E-state index contributed by atoms with van der Waals surface area (Å²) in [7, 11) is 0. The lowest BCUT2D eigenvalue weighted by molar-refractivity contribution is 0.0712. The van der Waals surface area contributed by atoms with Crippen LogP contribution in [0, 0.1) is 11.3 Å². The molecule has 0 spiro atoms. The van der Waals surface area contributed by atoms with Gasteiger partial charge in [-0.1, -0.05) is 30.3 Å². The number of rotatable bonds is 3. The Bertz CT molecular complexity index is 462. The summed E-state index contributed by atoms with van der Waals surface area (Å²) in [5, 5.41) is 9.33. The number of fused-ring (bicyclic) bond motifs is 1. The molecule has 2 aliphatic rings. The fraction of sp³-hybridized carbons (Fsp3) is 0.533. The van der Waals surface area contributed by atoms with E-state index in [4.69, 9.17) is 4.74 Å². The molecule has 1 aromatic rings. The molecule has 2 fully saturated rings. The van der Waals surface area contributed by atoms with E-state index in [-0.39, 0.29) is 18.1 Å². The monoisotopic (exact) mass is 261 g/mol. The number of piperidine rings is 1. The van der Waals surface area contributed by atoms with E-state index >= 15 is 0 Å². The van der Waals surface area contributed by atoms with Gasteiger partial charge in [-0.05, 0) is 24.3 Å². The molecule has 1 aromatic carbocycles. The predicted molar refractivity (Wildman–Crippen MR) is 70.4 cm³/mol. The van der Waals surface area contributed by atoms with E-state index in [2.05, 4.69) is 0 Å². The normalized spacial score (nSPS) is 28.7. The lowest BCUT2D eigenvalue weighted by atomic mass is 9.97. The van der Waals surface area contributed by atoms with E-state index in [1.54, 1.807) is 4.90 Å². The molecule has 1 N–H and O–H groups in total. The summed E-state index contributed by atoms with van der Waals surface area (Å²) in [6, 6.07) is 9.70. The number of hydrogen-bond donors (Lipinski definition) is 1. The van der Waals surface area contributed by atoms with Crippen LogP contribution in [0.4, 0.5) is 4.79 Å². The SMILES string of the molecule is O=C(OCc1ccccc1)N1CCC2(CO)CC2C1. The standard InChI is InChI=1S/C15H19NO3/c17-11-15-6-7-16(9-13(15)8-15)14(18)19-10-12-4-2-1-3-5-12/h1-5,13,17H,6-11H2. The highest BCUT2D eigenvalue weighted by atomic mass is 16.6. The summed E-state index contributed by atoms with van der Waals surface area (Å²) in [6.07, 6.45) is 1.71. The molecular formula is C15H19NO3. The molecule has 4 nitrogen and oxygen atoms in total. The Morgan fingerprint density at radius 1 is 1.42 bits per heavy atom. The fourth-order valence-corrected chi connectivity index (χ4v) is 2.96. The third-order valence-corrected chi connectivity index (χ3v) is 4.46. The molecule has 0 bridgehead atoms. The van der Waals surface area contributed by atoms with Crippen molar-refractivity contribution in [2.45, 2.75) is 19.4 Å². The van der Waals surface area contributed by atoms with E-state index in [1.165, 1.54) is 0 Å². The van der Waals surface area contributed by atoms with Gasteiger partial charge in [-0.25, -0.2) is 4.79 Å². The van der Waals surface area contributed by atoms with E-state index in [0.717, 1.165) is 24.9 Å². The smallest absolute Gasteiger partial charge is 0.410 e. The van der Waals surface area contributed by atoms with Crippen LogP contribution in [0.2, 0.25) is 0 Å². The molecule has 1 saturated carbocycles. The maximum Gasteiger partial charge on any atom is 0.410 e. The molecule has 2 unspecified atom stereocenters. The first kappa shape index (κ1) is 12.5. The van der Waals surface area contributed by atoms with Crippen molar-refractivity contribution in [1.29, 1.82) is 0 Å². The van der Waals surface area contributed by atoms with Crippen LogP contribution in [0.5, 0.6) is 0 Å². The zero-order valence-corrected chi connectivity index (χ0v) is 10.9. The number of benzene rings is 1. The van der Waals surface area contributed by atoms with Gasteiger partial charge in [0, 0.05) is 25.1 Å². The van der Waals surface area contributed by atoms with Gasteiger partial charge in [0.2, 0.25) is 0 Å². The van der Waals surface area contributed by atoms with Crippen molar-refractivity contribution >= 4 is 6.09 Å². The summed E-state index contributed by atoms with van der Waals surface area (Å²) < 4.78 is 5.33. The number of amides is 1. The van der Waals surface area contributed by atoms with Crippen LogP contribution in [0.1, 0.15) is 18.4 Å². The molecule has 1 saturated heterocycles. The van der Waals surface area contributed by atoms with Crippen LogP contribution >= 0.6 is 0 Å².